The van der Waals surface area contributed by atoms with Crippen molar-refractivity contribution in [2.45, 2.75) is 105 Å². The maximum Gasteiger partial charge on any atom is 0.331 e. The van der Waals surface area contributed by atoms with E-state index in [0.29, 0.717) is 11.1 Å². The molecule has 372 valence electrons. The summed E-state index contributed by atoms with van der Waals surface area (Å²) in [6, 6.07) is 12.1. The smallest absolute Gasteiger partial charge is 0.331 e. The van der Waals surface area contributed by atoms with Gasteiger partial charge in [-0.15, -0.1) is 0 Å². The van der Waals surface area contributed by atoms with Gasteiger partial charge in [0.15, 0.2) is 59.5 Å². The maximum atomic E-state index is 13.2. The summed E-state index contributed by atoms with van der Waals surface area (Å²) < 4.78 is 50.8. The Bertz CT molecular complexity index is 2240. The van der Waals surface area contributed by atoms with Crippen molar-refractivity contribution >= 4 is 24.1 Å². The Kier molecular flexibility index (Phi) is 17.6. The molecule has 3 fully saturated rings. The predicted molar refractivity (Wildman–Crippen MR) is 227 cm³/mol. The van der Waals surface area contributed by atoms with Crippen molar-refractivity contribution in [3.63, 3.8) is 0 Å². The zero-order valence-electron chi connectivity index (χ0n) is 36.4. The molecule has 0 bridgehead atoms. The minimum Gasteiger partial charge on any atom is -0.504 e. The van der Waals surface area contributed by atoms with Crippen LogP contribution in [0, 0.1) is 0 Å². The number of hydrogen-bond donors (Lipinski definition) is 12. The lowest BCUT2D eigenvalue weighted by atomic mass is 9.96. The molecule has 15 atom stereocenters. The molecule has 0 amide bonds. The number of aliphatic hydroxyl groups excluding tert-OH is 7. The summed E-state index contributed by atoms with van der Waals surface area (Å²) >= 11 is 0. The van der Waals surface area contributed by atoms with E-state index in [1.807, 2.05) is 0 Å². The van der Waals surface area contributed by atoms with Crippen LogP contribution in [0.4, 0.5) is 0 Å². The first kappa shape index (κ1) is 51.7. The van der Waals surface area contributed by atoms with Crippen molar-refractivity contribution in [2.24, 2.45) is 0 Å². The van der Waals surface area contributed by atoms with Gasteiger partial charge >= 0.3 is 11.9 Å². The van der Waals surface area contributed by atoms with Gasteiger partial charge in [0.25, 0.3) is 0 Å². The quantitative estimate of drug-likeness (QED) is 0.0429. The SMILES string of the molecule is COc1cc(/C=C/C(=O)OCC2OC(OC3C(C)OC(OC4C(O)C(OCCc5ccc(O)c(O)c5)OC(CO)C4OC(=O)/C=C/c4ccc(O)c(O)c4)C(O)C3O)C(O)C(O)C2O)ccc1O. The monoisotopic (exact) mass is 962 g/mol. The topological polar surface area (TPSA) is 360 Å². The first-order chi connectivity index (χ1) is 32.4. The Labute approximate surface area is 387 Å². The van der Waals surface area contributed by atoms with Crippen LogP contribution in [0.25, 0.3) is 12.2 Å². The molecule has 3 saturated heterocycles. The van der Waals surface area contributed by atoms with Crippen LogP contribution in [0.3, 0.4) is 0 Å². The summed E-state index contributed by atoms with van der Waals surface area (Å²) in [5, 5.41) is 126. The van der Waals surface area contributed by atoms with E-state index in [1.165, 1.54) is 74.7 Å². The minimum atomic E-state index is -2.04. The summed E-state index contributed by atoms with van der Waals surface area (Å²) in [4.78, 5) is 25.7. The first-order valence-electron chi connectivity index (χ1n) is 21.1. The van der Waals surface area contributed by atoms with Gasteiger partial charge in [0.2, 0.25) is 0 Å². The molecule has 3 aromatic carbocycles. The number of carbonyl (C=O) groups is 2. The van der Waals surface area contributed by atoms with Crippen molar-refractivity contribution < 1.29 is 113 Å². The van der Waals surface area contributed by atoms with Crippen LogP contribution in [0.2, 0.25) is 0 Å². The van der Waals surface area contributed by atoms with Crippen LogP contribution in [0.5, 0.6) is 34.5 Å². The van der Waals surface area contributed by atoms with E-state index in [0.717, 1.165) is 18.2 Å². The van der Waals surface area contributed by atoms with Gasteiger partial charge in [0.05, 0.1) is 26.4 Å². The molecule has 0 spiro atoms. The van der Waals surface area contributed by atoms with Crippen molar-refractivity contribution in [1.82, 2.24) is 0 Å². The largest absolute Gasteiger partial charge is 0.504 e. The van der Waals surface area contributed by atoms with Gasteiger partial charge < -0.3 is 104 Å². The fourth-order valence-corrected chi connectivity index (χ4v) is 7.43. The van der Waals surface area contributed by atoms with Crippen molar-refractivity contribution in [3.05, 3.63) is 83.4 Å². The molecule has 23 heteroatoms. The summed E-state index contributed by atoms with van der Waals surface area (Å²) in [5.74, 6) is -3.55. The minimum absolute atomic E-state index is 0.121. The molecule has 3 aromatic rings. The fourth-order valence-electron chi connectivity index (χ4n) is 7.43. The van der Waals surface area contributed by atoms with Crippen LogP contribution in [-0.4, -0.2) is 192 Å². The predicted octanol–water partition coefficient (Wildman–Crippen LogP) is -1.21. The summed E-state index contributed by atoms with van der Waals surface area (Å²) in [7, 11) is 1.35. The third-order valence-electron chi connectivity index (χ3n) is 11.2. The van der Waals surface area contributed by atoms with Gasteiger partial charge in [-0.2, -0.15) is 0 Å². The number of carbonyl (C=O) groups excluding carboxylic acids is 2. The number of aliphatic hydroxyl groups is 7. The Morgan fingerprint density at radius 3 is 1.85 bits per heavy atom. The molecule has 15 unspecified atom stereocenters. The van der Waals surface area contributed by atoms with E-state index in [4.69, 9.17) is 42.6 Å². The number of methoxy groups -OCH3 is 1. The highest BCUT2D eigenvalue weighted by Gasteiger charge is 2.54. The Morgan fingerprint density at radius 2 is 1.19 bits per heavy atom. The molecule has 6 rings (SSSR count). The fraction of sp³-hybridized carbons (Fsp3) is 0.467. The van der Waals surface area contributed by atoms with Crippen LogP contribution in [0.15, 0.2) is 66.7 Å². The third kappa shape index (κ3) is 12.5. The molecule has 3 heterocycles. The highest BCUT2D eigenvalue weighted by molar-refractivity contribution is 5.88. The van der Waals surface area contributed by atoms with Gasteiger partial charge in [-0.3, -0.25) is 0 Å². The number of esters is 2. The van der Waals surface area contributed by atoms with E-state index >= 15 is 0 Å². The van der Waals surface area contributed by atoms with Gasteiger partial charge in [0.1, 0.15) is 67.6 Å². The lowest BCUT2D eigenvalue weighted by molar-refractivity contribution is -0.376. The summed E-state index contributed by atoms with van der Waals surface area (Å²) in [5.41, 5.74) is 1.25. The number of aromatic hydroxyl groups is 5. The molecule has 12 N–H and O–H groups in total. The lowest BCUT2D eigenvalue weighted by Gasteiger charge is -2.48. The average molecular weight is 963 g/mol. The van der Waals surface area contributed by atoms with Crippen LogP contribution >= 0.6 is 0 Å². The second-order valence-corrected chi connectivity index (χ2v) is 15.9. The van der Waals surface area contributed by atoms with Crippen molar-refractivity contribution in [3.8, 4) is 34.5 Å². The second-order valence-electron chi connectivity index (χ2n) is 15.9. The molecule has 0 aromatic heterocycles. The molecule has 3 aliphatic rings. The van der Waals surface area contributed by atoms with E-state index in [2.05, 4.69) is 0 Å². The lowest BCUT2D eigenvalue weighted by Crippen LogP contribution is -2.66. The van der Waals surface area contributed by atoms with E-state index in [-0.39, 0.29) is 41.6 Å². The van der Waals surface area contributed by atoms with Crippen molar-refractivity contribution in [1.29, 1.82) is 0 Å². The van der Waals surface area contributed by atoms with Crippen LogP contribution in [0.1, 0.15) is 23.6 Å². The molecule has 23 nitrogen and oxygen atoms in total. The second kappa shape index (κ2) is 23.1. The molecular weight excluding hydrogens is 908 g/mol. The van der Waals surface area contributed by atoms with E-state index in [1.54, 1.807) is 0 Å². The van der Waals surface area contributed by atoms with E-state index < -0.39 is 129 Å². The van der Waals surface area contributed by atoms with Gasteiger partial charge in [-0.1, -0.05) is 18.2 Å². The molecular formula is C45H54O23. The number of ether oxygens (including phenoxy) is 9. The van der Waals surface area contributed by atoms with Crippen molar-refractivity contribution in [2.75, 3.05) is 26.9 Å². The standard InChI is InChI=1S/C45H54O23/c1-20-40(67-45-37(57)35(55)34(54)31(65-45)19-62-32(52)11-6-22-5-10-26(49)29(17-22)60-2)36(56)38(58)44(63-20)68-42-39(59)43(61-14-13-23-4-9-25(48)28(51)16-23)64-30(18-46)41(42)66-33(53)12-7-21-3-8-24(47)27(50)15-21/h3-12,15-17,20,30-31,34-51,54-59H,13-14,18-19H2,1-2H3/b11-6+,12-7+. The van der Waals surface area contributed by atoms with Gasteiger partial charge in [-0.25, -0.2) is 9.59 Å². The third-order valence-corrected chi connectivity index (χ3v) is 11.2. The average Bonchev–Trinajstić information content (AvgIpc) is 3.31. The molecule has 68 heavy (non-hydrogen) atoms. The zero-order chi connectivity index (χ0) is 49.4. The van der Waals surface area contributed by atoms with Crippen LogP contribution < -0.4 is 4.74 Å². The molecule has 0 aliphatic carbocycles. The Morgan fingerprint density at radius 1 is 0.603 bits per heavy atom. The highest BCUT2D eigenvalue weighted by atomic mass is 16.8. The maximum absolute atomic E-state index is 13.2. The molecule has 3 aliphatic heterocycles. The number of phenols is 5. The Hall–Kier alpha value is -5.64. The van der Waals surface area contributed by atoms with E-state index in [9.17, 15) is 70.9 Å². The number of hydrogen-bond acceptors (Lipinski definition) is 23. The zero-order valence-corrected chi connectivity index (χ0v) is 36.4. The molecule has 0 saturated carbocycles. The molecule has 0 radical (unpaired) electrons. The normalized spacial score (nSPS) is 32.0. The highest BCUT2D eigenvalue weighted by Crippen LogP contribution is 2.35. The summed E-state index contributed by atoms with van der Waals surface area (Å²) in [6.07, 6.45) is -21.2. The first-order valence-corrected chi connectivity index (χ1v) is 21.1. The number of phenolic OH excluding ortho intramolecular Hbond substituents is 5. The number of rotatable bonds is 17. The summed E-state index contributed by atoms with van der Waals surface area (Å²) in [6.45, 7) is -0.302. The Balaban J connectivity index is 1.13. The van der Waals surface area contributed by atoms with Gasteiger partial charge in [0, 0.05) is 12.2 Å². The number of benzene rings is 3. The van der Waals surface area contributed by atoms with Gasteiger partial charge in [-0.05, 0) is 78.6 Å². The van der Waals surface area contributed by atoms with Crippen LogP contribution in [-0.2, 0) is 53.9 Å².